The number of amides is 1. The molecule has 4 aromatic rings. The molecule has 0 aliphatic rings. The third-order valence-electron chi connectivity index (χ3n) is 4.18. The van der Waals surface area contributed by atoms with Gasteiger partial charge in [-0.2, -0.15) is 0 Å². The van der Waals surface area contributed by atoms with Crippen LogP contribution in [0, 0.1) is 5.82 Å². The molecule has 0 saturated carbocycles. The fraction of sp³-hybridized carbons (Fsp3) is 0.150. The molecule has 0 saturated heterocycles. The van der Waals surface area contributed by atoms with Crippen molar-refractivity contribution in [1.29, 1.82) is 0 Å². The van der Waals surface area contributed by atoms with Crippen LogP contribution >= 0.6 is 11.3 Å². The van der Waals surface area contributed by atoms with Crippen molar-refractivity contribution in [3.63, 3.8) is 0 Å². The van der Waals surface area contributed by atoms with Gasteiger partial charge >= 0.3 is 0 Å². The summed E-state index contributed by atoms with van der Waals surface area (Å²) in [6.45, 7) is 2.26. The lowest BCUT2D eigenvalue weighted by molar-refractivity contribution is -0.116. The van der Waals surface area contributed by atoms with Crippen LogP contribution in [0.4, 0.5) is 10.1 Å². The number of anilines is 1. The molecule has 8 heteroatoms. The quantitative estimate of drug-likeness (QED) is 0.556. The van der Waals surface area contributed by atoms with E-state index >= 15 is 0 Å². The number of nitrogens with one attached hydrogen (secondary N) is 1. The molecule has 2 aromatic heterocycles. The third kappa shape index (κ3) is 3.34. The molecule has 142 valence electrons. The van der Waals surface area contributed by atoms with E-state index in [2.05, 4.69) is 10.3 Å². The molecule has 0 unspecified atom stereocenters. The van der Waals surface area contributed by atoms with Crippen molar-refractivity contribution in [2.75, 3.05) is 11.9 Å². The average molecular weight is 397 g/mol. The van der Waals surface area contributed by atoms with Gasteiger partial charge in [0.15, 0.2) is 0 Å². The molecular formula is C20H16FN3O3S. The highest BCUT2D eigenvalue weighted by Gasteiger charge is 2.15. The molecule has 1 N–H and O–H groups in total. The molecule has 0 radical (unpaired) electrons. The molecule has 28 heavy (non-hydrogen) atoms. The van der Waals surface area contributed by atoms with E-state index in [-0.39, 0.29) is 18.0 Å². The standard InChI is InChI=1S/C20H16FN3O3S/c1-2-27-13-8-6-12(7-9-13)23-16(25)10-24-11-22-18-17-14(21)4-3-5-15(17)28-19(18)20(24)26/h3-9,11H,2,10H2,1H3,(H,23,25). The van der Waals surface area contributed by atoms with Gasteiger partial charge in [0.25, 0.3) is 5.56 Å². The Morgan fingerprint density at radius 1 is 1.25 bits per heavy atom. The van der Waals surface area contributed by atoms with Gasteiger partial charge in [-0.1, -0.05) is 6.07 Å². The lowest BCUT2D eigenvalue weighted by Crippen LogP contribution is -2.27. The van der Waals surface area contributed by atoms with Gasteiger partial charge in [-0.05, 0) is 43.3 Å². The van der Waals surface area contributed by atoms with Crippen LogP contribution in [-0.4, -0.2) is 22.1 Å². The molecule has 0 aliphatic carbocycles. The number of ether oxygens (including phenoxy) is 1. The van der Waals surface area contributed by atoms with Gasteiger partial charge in [0.05, 0.1) is 23.8 Å². The Morgan fingerprint density at radius 2 is 2.04 bits per heavy atom. The molecule has 0 spiro atoms. The molecular weight excluding hydrogens is 381 g/mol. The van der Waals surface area contributed by atoms with E-state index < -0.39 is 5.82 Å². The Balaban J connectivity index is 1.58. The largest absolute Gasteiger partial charge is 0.494 e. The van der Waals surface area contributed by atoms with Crippen LogP contribution in [0.5, 0.6) is 5.75 Å². The molecule has 2 aromatic carbocycles. The molecule has 4 rings (SSSR count). The van der Waals surface area contributed by atoms with E-state index in [1.807, 2.05) is 6.92 Å². The molecule has 0 bridgehead atoms. The van der Waals surface area contributed by atoms with Crippen LogP contribution < -0.4 is 15.6 Å². The maximum atomic E-state index is 14.1. The van der Waals surface area contributed by atoms with E-state index in [1.54, 1.807) is 36.4 Å². The monoisotopic (exact) mass is 397 g/mol. The first-order chi connectivity index (χ1) is 13.6. The molecule has 0 atom stereocenters. The average Bonchev–Trinajstić information content (AvgIpc) is 3.07. The molecule has 6 nitrogen and oxygen atoms in total. The lowest BCUT2D eigenvalue weighted by atomic mass is 10.2. The Morgan fingerprint density at radius 3 is 2.79 bits per heavy atom. The molecule has 0 aliphatic heterocycles. The zero-order valence-electron chi connectivity index (χ0n) is 14.9. The summed E-state index contributed by atoms with van der Waals surface area (Å²) in [4.78, 5) is 29.3. The highest BCUT2D eigenvalue weighted by molar-refractivity contribution is 7.25. The predicted molar refractivity (Wildman–Crippen MR) is 108 cm³/mol. The predicted octanol–water partition coefficient (Wildman–Crippen LogP) is 3.79. The van der Waals surface area contributed by atoms with E-state index in [0.717, 1.165) is 0 Å². The summed E-state index contributed by atoms with van der Waals surface area (Å²) in [6.07, 6.45) is 1.28. The second-order valence-electron chi connectivity index (χ2n) is 6.08. The normalized spacial score (nSPS) is 11.1. The first kappa shape index (κ1) is 18.1. The number of nitrogens with zero attached hydrogens (tertiary/aromatic N) is 2. The number of aromatic nitrogens is 2. The summed E-state index contributed by atoms with van der Waals surface area (Å²) in [5.74, 6) is -0.0651. The minimum atomic E-state index is -0.415. The van der Waals surface area contributed by atoms with E-state index in [4.69, 9.17) is 4.74 Å². The zero-order chi connectivity index (χ0) is 19.7. The Labute approximate surface area is 163 Å². The summed E-state index contributed by atoms with van der Waals surface area (Å²) < 4.78 is 21.7. The van der Waals surface area contributed by atoms with Gasteiger partial charge in [0.1, 0.15) is 22.8 Å². The van der Waals surface area contributed by atoms with Gasteiger partial charge in [0, 0.05) is 10.4 Å². The number of hydrogen-bond acceptors (Lipinski definition) is 5. The molecule has 2 heterocycles. The first-order valence-corrected chi connectivity index (χ1v) is 9.47. The van der Waals surface area contributed by atoms with Gasteiger partial charge < -0.3 is 10.1 Å². The van der Waals surface area contributed by atoms with E-state index in [0.29, 0.717) is 38.3 Å². The van der Waals surface area contributed by atoms with Gasteiger partial charge in [-0.3, -0.25) is 14.2 Å². The molecule has 1 amide bonds. The number of benzene rings is 2. The van der Waals surface area contributed by atoms with Gasteiger partial charge in [-0.25, -0.2) is 9.37 Å². The van der Waals surface area contributed by atoms with Crippen LogP contribution in [-0.2, 0) is 11.3 Å². The van der Waals surface area contributed by atoms with Crippen molar-refractivity contribution in [3.05, 3.63) is 65.0 Å². The maximum absolute atomic E-state index is 14.1. The van der Waals surface area contributed by atoms with Crippen LogP contribution in [0.1, 0.15) is 6.92 Å². The second-order valence-corrected chi connectivity index (χ2v) is 7.13. The third-order valence-corrected chi connectivity index (χ3v) is 5.32. The van der Waals surface area contributed by atoms with Crippen LogP contribution in [0.2, 0.25) is 0 Å². The minimum Gasteiger partial charge on any atom is -0.494 e. The zero-order valence-corrected chi connectivity index (χ0v) is 15.8. The Kier molecular flexibility index (Phi) is 4.79. The summed E-state index contributed by atoms with van der Waals surface area (Å²) in [7, 11) is 0. The van der Waals surface area contributed by atoms with E-state index in [9.17, 15) is 14.0 Å². The number of rotatable bonds is 5. The highest BCUT2D eigenvalue weighted by atomic mass is 32.1. The second kappa shape index (κ2) is 7.40. The molecule has 0 fully saturated rings. The fourth-order valence-corrected chi connectivity index (χ4v) is 4.06. The van der Waals surface area contributed by atoms with Crippen molar-refractivity contribution in [3.8, 4) is 5.75 Å². The summed E-state index contributed by atoms with van der Waals surface area (Å²) in [5.41, 5.74) is 0.554. The van der Waals surface area contributed by atoms with Crippen molar-refractivity contribution in [2.45, 2.75) is 13.5 Å². The van der Waals surface area contributed by atoms with Crippen LogP contribution in [0.3, 0.4) is 0 Å². The topological polar surface area (TPSA) is 73.2 Å². The number of thiophene rings is 1. The minimum absolute atomic E-state index is 0.189. The van der Waals surface area contributed by atoms with E-state index in [1.165, 1.54) is 28.3 Å². The lowest BCUT2D eigenvalue weighted by Gasteiger charge is -2.08. The maximum Gasteiger partial charge on any atom is 0.271 e. The van der Waals surface area contributed by atoms with Crippen molar-refractivity contribution in [2.24, 2.45) is 0 Å². The van der Waals surface area contributed by atoms with Crippen molar-refractivity contribution >= 4 is 43.2 Å². The summed E-state index contributed by atoms with van der Waals surface area (Å²) in [6, 6.07) is 11.6. The van der Waals surface area contributed by atoms with Crippen molar-refractivity contribution < 1.29 is 13.9 Å². The van der Waals surface area contributed by atoms with Gasteiger partial charge in [0.2, 0.25) is 5.91 Å². The van der Waals surface area contributed by atoms with Crippen molar-refractivity contribution in [1.82, 2.24) is 9.55 Å². The fourth-order valence-electron chi connectivity index (χ4n) is 2.94. The number of carbonyl (C=O) groups excluding carboxylic acids is 1. The number of carbonyl (C=O) groups is 1. The first-order valence-electron chi connectivity index (χ1n) is 8.65. The summed E-state index contributed by atoms with van der Waals surface area (Å²) in [5, 5.41) is 3.07. The Hall–Kier alpha value is -3.26. The van der Waals surface area contributed by atoms with Gasteiger partial charge in [-0.15, -0.1) is 11.3 Å². The van der Waals surface area contributed by atoms with Crippen LogP contribution in [0.15, 0.2) is 53.6 Å². The van der Waals surface area contributed by atoms with Crippen LogP contribution in [0.25, 0.3) is 20.3 Å². The number of hydrogen-bond donors (Lipinski definition) is 1. The SMILES string of the molecule is CCOc1ccc(NC(=O)Cn2cnc3c(sc4cccc(F)c43)c2=O)cc1. The number of fused-ring (bicyclic) bond motifs is 3. The summed E-state index contributed by atoms with van der Waals surface area (Å²) >= 11 is 1.17. The Bertz CT molecular complexity index is 1230. The smallest absolute Gasteiger partial charge is 0.271 e. The number of halogens is 1. The highest BCUT2D eigenvalue weighted by Crippen LogP contribution is 2.31.